The summed E-state index contributed by atoms with van der Waals surface area (Å²) in [4.78, 5) is 12.5. The minimum Gasteiger partial charge on any atom is -0.317 e. The Morgan fingerprint density at radius 2 is 1.85 bits per heavy atom. The summed E-state index contributed by atoms with van der Waals surface area (Å²) in [7, 11) is -3.67. The van der Waals surface area contributed by atoms with Gasteiger partial charge in [-0.25, -0.2) is 0 Å². The van der Waals surface area contributed by atoms with Crippen LogP contribution in [0.1, 0.15) is 23.2 Å². The molecule has 1 saturated heterocycles. The van der Waals surface area contributed by atoms with Crippen molar-refractivity contribution >= 4 is 15.9 Å². The third kappa shape index (κ3) is 4.13. The summed E-state index contributed by atoms with van der Waals surface area (Å²) < 4.78 is 27.9. The minimum atomic E-state index is -3.67. The van der Waals surface area contributed by atoms with Crippen molar-refractivity contribution in [1.29, 1.82) is 0 Å². The molecule has 0 aliphatic carbocycles. The van der Waals surface area contributed by atoms with Gasteiger partial charge in [0.1, 0.15) is 6.10 Å². The highest BCUT2D eigenvalue weighted by Crippen LogP contribution is 2.23. The van der Waals surface area contributed by atoms with Crippen LogP contribution in [0, 0.1) is 5.92 Å². The summed E-state index contributed by atoms with van der Waals surface area (Å²) in [5, 5.41) is 3.19. The molecule has 6 heteroatoms. The average Bonchev–Trinajstić information content (AvgIpc) is 2.45. The van der Waals surface area contributed by atoms with Gasteiger partial charge < -0.3 is 5.32 Å². The van der Waals surface area contributed by atoms with Crippen LogP contribution in [0.4, 0.5) is 0 Å². The predicted octanol–water partition coefficient (Wildman–Crippen LogP) is 1.21. The Morgan fingerprint density at radius 1 is 1.25 bits per heavy atom. The molecular formula is C14H19NO4S. The van der Waals surface area contributed by atoms with E-state index in [1.807, 2.05) is 6.07 Å². The standard InChI is InChI=1S/C14H19NO4S/c1-20(17,18)19-14(12-7-9-15-10-8-12)13(16)11-5-3-2-4-6-11/h2-6,12,14-15H,7-10H2,1H3. The fourth-order valence-corrected chi connectivity index (χ4v) is 3.06. The summed E-state index contributed by atoms with van der Waals surface area (Å²) >= 11 is 0. The van der Waals surface area contributed by atoms with E-state index in [9.17, 15) is 13.2 Å². The summed E-state index contributed by atoms with van der Waals surface area (Å²) in [6, 6.07) is 8.69. The zero-order chi connectivity index (χ0) is 14.6. The van der Waals surface area contributed by atoms with Crippen LogP contribution >= 0.6 is 0 Å². The SMILES string of the molecule is CS(=O)(=O)OC(C(=O)c1ccccc1)C1CCNCC1. The van der Waals surface area contributed by atoms with Crippen LogP contribution in [0.15, 0.2) is 30.3 Å². The Morgan fingerprint density at radius 3 is 2.40 bits per heavy atom. The first-order valence-electron chi connectivity index (χ1n) is 6.65. The number of carbonyl (C=O) groups excluding carboxylic acids is 1. The van der Waals surface area contributed by atoms with Crippen molar-refractivity contribution in [3.05, 3.63) is 35.9 Å². The lowest BCUT2D eigenvalue weighted by Gasteiger charge is -2.28. The second kappa shape index (κ2) is 6.47. The molecule has 1 heterocycles. The molecule has 0 bridgehead atoms. The van der Waals surface area contributed by atoms with Crippen molar-refractivity contribution in [1.82, 2.24) is 5.32 Å². The largest absolute Gasteiger partial charge is 0.317 e. The molecule has 0 aromatic heterocycles. The topological polar surface area (TPSA) is 72.5 Å². The van der Waals surface area contributed by atoms with E-state index in [1.54, 1.807) is 24.3 Å². The van der Waals surface area contributed by atoms with Gasteiger partial charge in [0.2, 0.25) is 0 Å². The highest BCUT2D eigenvalue weighted by Gasteiger charge is 2.33. The van der Waals surface area contributed by atoms with E-state index in [1.165, 1.54) is 0 Å². The van der Waals surface area contributed by atoms with Crippen LogP contribution in [-0.4, -0.2) is 39.7 Å². The fourth-order valence-electron chi connectivity index (χ4n) is 2.44. The molecule has 1 aromatic carbocycles. The molecule has 0 radical (unpaired) electrons. The van der Waals surface area contributed by atoms with E-state index in [0.29, 0.717) is 5.56 Å². The molecular weight excluding hydrogens is 278 g/mol. The zero-order valence-corrected chi connectivity index (χ0v) is 12.2. The average molecular weight is 297 g/mol. The van der Waals surface area contributed by atoms with Crippen molar-refractivity contribution in [3.63, 3.8) is 0 Å². The molecule has 1 unspecified atom stereocenters. The minimum absolute atomic E-state index is 0.0707. The molecule has 1 aliphatic heterocycles. The Labute approximate surface area is 119 Å². The van der Waals surface area contributed by atoms with Crippen LogP contribution < -0.4 is 5.32 Å². The van der Waals surface area contributed by atoms with Crippen LogP contribution in [0.25, 0.3) is 0 Å². The number of ketones is 1. The number of hydrogen-bond donors (Lipinski definition) is 1. The second-order valence-electron chi connectivity index (χ2n) is 5.04. The molecule has 110 valence electrons. The molecule has 2 rings (SSSR count). The van der Waals surface area contributed by atoms with Crippen LogP contribution in [0.3, 0.4) is 0 Å². The molecule has 0 spiro atoms. The maximum atomic E-state index is 12.5. The lowest BCUT2D eigenvalue weighted by Crippen LogP contribution is -2.40. The van der Waals surface area contributed by atoms with E-state index in [2.05, 4.69) is 5.32 Å². The van der Waals surface area contributed by atoms with Gasteiger partial charge in [0, 0.05) is 5.56 Å². The van der Waals surface area contributed by atoms with Crippen molar-refractivity contribution < 1.29 is 17.4 Å². The Balaban J connectivity index is 2.23. The molecule has 0 saturated carbocycles. The third-order valence-corrected chi connectivity index (χ3v) is 3.96. The molecule has 1 fully saturated rings. The van der Waals surface area contributed by atoms with Gasteiger partial charge in [-0.05, 0) is 31.8 Å². The van der Waals surface area contributed by atoms with Crippen molar-refractivity contribution in [2.75, 3.05) is 19.3 Å². The van der Waals surface area contributed by atoms with Gasteiger partial charge in [0.05, 0.1) is 6.26 Å². The zero-order valence-electron chi connectivity index (χ0n) is 11.4. The molecule has 1 aromatic rings. The van der Waals surface area contributed by atoms with Crippen molar-refractivity contribution in [2.24, 2.45) is 5.92 Å². The van der Waals surface area contributed by atoms with Crippen molar-refractivity contribution in [2.45, 2.75) is 18.9 Å². The first-order chi connectivity index (χ1) is 9.47. The lowest BCUT2D eigenvalue weighted by molar-refractivity contribution is 0.0648. The predicted molar refractivity (Wildman–Crippen MR) is 76.1 cm³/mol. The normalized spacial score (nSPS) is 18.6. The summed E-state index contributed by atoms with van der Waals surface area (Å²) in [5.41, 5.74) is 0.486. The van der Waals surface area contributed by atoms with E-state index in [-0.39, 0.29) is 11.7 Å². The van der Waals surface area contributed by atoms with Gasteiger partial charge in [0.15, 0.2) is 5.78 Å². The van der Waals surface area contributed by atoms with Gasteiger partial charge in [-0.3, -0.25) is 8.98 Å². The number of hydrogen-bond acceptors (Lipinski definition) is 5. The third-order valence-electron chi connectivity index (χ3n) is 3.41. The number of carbonyl (C=O) groups is 1. The van der Waals surface area contributed by atoms with Gasteiger partial charge in [0.25, 0.3) is 10.1 Å². The number of rotatable bonds is 5. The Hall–Kier alpha value is -1.24. The second-order valence-corrected chi connectivity index (χ2v) is 6.64. The van der Waals surface area contributed by atoms with Crippen LogP contribution in [0.2, 0.25) is 0 Å². The molecule has 1 N–H and O–H groups in total. The molecule has 1 aliphatic rings. The van der Waals surface area contributed by atoms with Gasteiger partial charge >= 0.3 is 0 Å². The fraction of sp³-hybridized carbons (Fsp3) is 0.500. The van der Waals surface area contributed by atoms with Gasteiger partial charge in [-0.1, -0.05) is 30.3 Å². The number of Topliss-reactive ketones (excluding diaryl/α,β-unsaturated/α-hetero) is 1. The summed E-state index contributed by atoms with van der Waals surface area (Å²) in [5.74, 6) is -0.332. The highest BCUT2D eigenvalue weighted by molar-refractivity contribution is 7.86. The number of piperidine rings is 1. The monoisotopic (exact) mass is 297 g/mol. The molecule has 1 atom stereocenters. The van der Waals surface area contributed by atoms with Gasteiger partial charge in [-0.2, -0.15) is 8.42 Å². The first kappa shape index (κ1) is 15.2. The van der Waals surface area contributed by atoms with Gasteiger partial charge in [-0.15, -0.1) is 0 Å². The smallest absolute Gasteiger partial charge is 0.265 e. The molecule has 20 heavy (non-hydrogen) atoms. The van der Waals surface area contributed by atoms with Crippen LogP contribution in [0.5, 0.6) is 0 Å². The quantitative estimate of drug-likeness (QED) is 0.653. The Kier molecular flexibility index (Phi) is 4.91. The Bertz CT molecular complexity index is 550. The first-order valence-corrected chi connectivity index (χ1v) is 8.47. The van der Waals surface area contributed by atoms with E-state index >= 15 is 0 Å². The van der Waals surface area contributed by atoms with E-state index < -0.39 is 16.2 Å². The lowest BCUT2D eigenvalue weighted by atomic mass is 9.88. The highest BCUT2D eigenvalue weighted by atomic mass is 32.2. The van der Waals surface area contributed by atoms with E-state index in [4.69, 9.17) is 4.18 Å². The summed E-state index contributed by atoms with van der Waals surface area (Å²) in [6.45, 7) is 1.55. The van der Waals surface area contributed by atoms with Crippen LogP contribution in [-0.2, 0) is 14.3 Å². The van der Waals surface area contributed by atoms with E-state index in [0.717, 1.165) is 32.2 Å². The summed E-state index contributed by atoms with van der Waals surface area (Å²) in [6.07, 6.45) is 1.53. The molecule has 5 nitrogen and oxygen atoms in total. The van der Waals surface area contributed by atoms with Crippen molar-refractivity contribution in [3.8, 4) is 0 Å². The molecule has 0 amide bonds. The number of benzene rings is 1. The number of nitrogens with one attached hydrogen (secondary N) is 1. The maximum Gasteiger partial charge on any atom is 0.265 e. The maximum absolute atomic E-state index is 12.5.